The number of nitrogens with one attached hydrogen (secondary N) is 2. The molecule has 1 atom stereocenters. The zero-order chi connectivity index (χ0) is 9.90. The summed E-state index contributed by atoms with van der Waals surface area (Å²) in [6, 6.07) is 0. The van der Waals surface area contributed by atoms with Crippen molar-refractivity contribution in [1.29, 1.82) is 0 Å². The highest BCUT2D eigenvalue weighted by atomic mass is 32.2. The molecule has 0 radical (unpaired) electrons. The van der Waals surface area contributed by atoms with Crippen LogP contribution in [-0.2, 0) is 14.6 Å². The Labute approximate surface area is 77.8 Å². The molecule has 1 heterocycles. The van der Waals surface area contributed by atoms with Crippen molar-refractivity contribution in [1.82, 2.24) is 10.6 Å². The molecule has 1 saturated heterocycles. The molecule has 1 unspecified atom stereocenters. The Bertz CT molecular complexity index is 280. The Morgan fingerprint density at radius 1 is 1.62 bits per heavy atom. The highest BCUT2D eigenvalue weighted by molar-refractivity contribution is 7.91. The minimum Gasteiger partial charge on any atom is -0.340 e. The van der Waals surface area contributed by atoms with E-state index >= 15 is 0 Å². The van der Waals surface area contributed by atoms with Gasteiger partial charge in [0.05, 0.1) is 6.17 Å². The van der Waals surface area contributed by atoms with Crippen LogP contribution in [-0.4, -0.2) is 39.0 Å². The Morgan fingerprint density at radius 2 is 2.31 bits per heavy atom. The lowest BCUT2D eigenvalue weighted by atomic mass is 10.3. The highest BCUT2D eigenvalue weighted by Crippen LogP contribution is 2.01. The monoisotopic (exact) mass is 206 g/mol. The molecule has 1 aliphatic rings. The van der Waals surface area contributed by atoms with Crippen LogP contribution in [0.1, 0.15) is 12.8 Å². The van der Waals surface area contributed by atoms with Gasteiger partial charge in [0, 0.05) is 6.26 Å². The van der Waals surface area contributed by atoms with E-state index < -0.39 is 21.5 Å². The van der Waals surface area contributed by atoms with Crippen molar-refractivity contribution in [3.8, 4) is 0 Å². The maximum Gasteiger partial charge on any atom is 0.236 e. The largest absolute Gasteiger partial charge is 0.340 e. The molecule has 76 valence electrons. The lowest BCUT2D eigenvalue weighted by molar-refractivity contribution is -0.119. The maximum absolute atomic E-state index is 11.1. The Hall–Kier alpha value is -0.620. The molecule has 6 heteroatoms. The van der Waals surface area contributed by atoms with Gasteiger partial charge in [-0.2, -0.15) is 0 Å². The second kappa shape index (κ2) is 4.06. The van der Waals surface area contributed by atoms with Gasteiger partial charge < -0.3 is 5.32 Å². The van der Waals surface area contributed by atoms with Gasteiger partial charge in [0.15, 0.2) is 9.84 Å². The third-order valence-corrected chi connectivity index (χ3v) is 2.58. The third-order valence-electron chi connectivity index (χ3n) is 1.79. The summed E-state index contributed by atoms with van der Waals surface area (Å²) in [5, 5.41) is 5.65. The second-order valence-electron chi connectivity index (χ2n) is 3.29. The third kappa shape index (κ3) is 4.23. The van der Waals surface area contributed by atoms with Crippen molar-refractivity contribution in [3.63, 3.8) is 0 Å². The maximum atomic E-state index is 11.1. The van der Waals surface area contributed by atoms with Crippen LogP contribution in [0.4, 0.5) is 0 Å². The van der Waals surface area contributed by atoms with Gasteiger partial charge in [-0.25, -0.2) is 8.42 Å². The van der Waals surface area contributed by atoms with Crippen LogP contribution >= 0.6 is 0 Å². The van der Waals surface area contributed by atoms with Crippen molar-refractivity contribution in [3.05, 3.63) is 0 Å². The quantitative estimate of drug-likeness (QED) is 0.612. The lowest BCUT2D eigenvalue weighted by Crippen LogP contribution is -2.43. The number of rotatable bonds is 3. The zero-order valence-electron chi connectivity index (χ0n) is 7.54. The van der Waals surface area contributed by atoms with Gasteiger partial charge in [0.1, 0.15) is 5.75 Å². The molecule has 0 spiro atoms. The Morgan fingerprint density at radius 3 is 2.77 bits per heavy atom. The van der Waals surface area contributed by atoms with Crippen molar-refractivity contribution in [2.75, 3.05) is 18.6 Å². The fourth-order valence-electron chi connectivity index (χ4n) is 1.28. The van der Waals surface area contributed by atoms with E-state index in [1.54, 1.807) is 0 Å². The van der Waals surface area contributed by atoms with E-state index in [1.165, 1.54) is 0 Å². The van der Waals surface area contributed by atoms with Crippen LogP contribution < -0.4 is 10.6 Å². The molecule has 0 aromatic rings. The van der Waals surface area contributed by atoms with Crippen LogP contribution in [0.15, 0.2) is 0 Å². The summed E-state index contributed by atoms with van der Waals surface area (Å²) in [6.07, 6.45) is 2.89. The van der Waals surface area contributed by atoms with E-state index in [-0.39, 0.29) is 6.17 Å². The van der Waals surface area contributed by atoms with E-state index in [9.17, 15) is 13.2 Å². The molecule has 0 aromatic carbocycles. The molecule has 1 rings (SSSR count). The molecule has 1 aliphatic heterocycles. The normalized spacial score (nSPS) is 23.0. The van der Waals surface area contributed by atoms with Crippen LogP contribution in [0.25, 0.3) is 0 Å². The number of carbonyl (C=O) groups is 1. The van der Waals surface area contributed by atoms with Gasteiger partial charge in [0.25, 0.3) is 0 Å². The Kier molecular flexibility index (Phi) is 3.27. The van der Waals surface area contributed by atoms with E-state index in [2.05, 4.69) is 10.6 Å². The first-order valence-corrected chi connectivity index (χ1v) is 6.24. The smallest absolute Gasteiger partial charge is 0.236 e. The first-order chi connectivity index (χ1) is 5.97. The second-order valence-corrected chi connectivity index (χ2v) is 5.43. The molecule has 0 aromatic heterocycles. The fourth-order valence-corrected chi connectivity index (χ4v) is 1.84. The van der Waals surface area contributed by atoms with Gasteiger partial charge in [0.2, 0.25) is 5.91 Å². The molecule has 1 fully saturated rings. The molecular formula is C7H14N2O3S. The van der Waals surface area contributed by atoms with Crippen molar-refractivity contribution >= 4 is 15.7 Å². The van der Waals surface area contributed by atoms with E-state index in [1.807, 2.05) is 0 Å². The van der Waals surface area contributed by atoms with Crippen molar-refractivity contribution < 1.29 is 13.2 Å². The summed E-state index contributed by atoms with van der Waals surface area (Å²) in [5.74, 6) is -0.854. The standard InChI is InChI=1S/C7H14N2O3S/c1-13(11,12)5-7(10)9-6-3-2-4-8-6/h6,8H,2-5H2,1H3,(H,9,10). The van der Waals surface area contributed by atoms with Crippen LogP contribution in [0.3, 0.4) is 0 Å². The van der Waals surface area contributed by atoms with Crippen LogP contribution in [0, 0.1) is 0 Å². The number of hydrogen-bond donors (Lipinski definition) is 2. The number of sulfone groups is 1. The fraction of sp³-hybridized carbons (Fsp3) is 0.857. The van der Waals surface area contributed by atoms with E-state index in [4.69, 9.17) is 0 Å². The Balaban J connectivity index is 2.33. The van der Waals surface area contributed by atoms with Gasteiger partial charge in [-0.05, 0) is 19.4 Å². The van der Waals surface area contributed by atoms with Crippen molar-refractivity contribution in [2.45, 2.75) is 19.0 Å². The van der Waals surface area contributed by atoms with E-state index in [0.717, 1.165) is 25.6 Å². The molecule has 0 saturated carbocycles. The highest BCUT2D eigenvalue weighted by Gasteiger charge is 2.18. The van der Waals surface area contributed by atoms with Crippen LogP contribution in [0.5, 0.6) is 0 Å². The summed E-state index contributed by atoms with van der Waals surface area (Å²) in [5.41, 5.74) is 0. The predicted molar refractivity (Wildman–Crippen MR) is 48.9 cm³/mol. The molecule has 13 heavy (non-hydrogen) atoms. The average molecular weight is 206 g/mol. The SMILES string of the molecule is CS(=O)(=O)CC(=O)NC1CCCN1. The van der Waals surface area contributed by atoms with E-state index in [0.29, 0.717) is 0 Å². The number of hydrogen-bond acceptors (Lipinski definition) is 4. The average Bonchev–Trinajstić information content (AvgIpc) is 2.34. The van der Waals surface area contributed by atoms with Gasteiger partial charge in [-0.1, -0.05) is 0 Å². The lowest BCUT2D eigenvalue weighted by Gasteiger charge is -2.11. The predicted octanol–water partition coefficient (Wildman–Crippen LogP) is -1.14. The van der Waals surface area contributed by atoms with Gasteiger partial charge >= 0.3 is 0 Å². The number of carbonyl (C=O) groups excluding carboxylic acids is 1. The summed E-state index contributed by atoms with van der Waals surface area (Å²) in [6.45, 7) is 0.879. The topological polar surface area (TPSA) is 75.3 Å². The molecule has 5 nitrogen and oxygen atoms in total. The molecule has 0 aliphatic carbocycles. The summed E-state index contributed by atoms with van der Waals surface area (Å²) in [4.78, 5) is 11.1. The van der Waals surface area contributed by atoms with Gasteiger partial charge in [-0.3, -0.25) is 10.1 Å². The number of amides is 1. The minimum absolute atomic E-state index is 0.0470. The summed E-state index contributed by atoms with van der Waals surface area (Å²) >= 11 is 0. The molecule has 0 bridgehead atoms. The molecular weight excluding hydrogens is 192 g/mol. The first kappa shape index (κ1) is 10.5. The minimum atomic E-state index is -3.20. The van der Waals surface area contributed by atoms with Gasteiger partial charge in [-0.15, -0.1) is 0 Å². The molecule has 1 amide bonds. The summed E-state index contributed by atoms with van der Waals surface area (Å²) < 4.78 is 21.5. The van der Waals surface area contributed by atoms with Crippen LogP contribution in [0.2, 0.25) is 0 Å². The summed E-state index contributed by atoms with van der Waals surface area (Å²) in [7, 11) is -3.20. The first-order valence-electron chi connectivity index (χ1n) is 4.18. The van der Waals surface area contributed by atoms with Crippen molar-refractivity contribution in [2.24, 2.45) is 0 Å². The zero-order valence-corrected chi connectivity index (χ0v) is 8.36. The molecule has 2 N–H and O–H groups in total.